The van der Waals surface area contributed by atoms with Gasteiger partial charge in [-0.2, -0.15) is 0 Å². The molecule has 1 N–H and O–H groups in total. The van der Waals surface area contributed by atoms with E-state index in [0.29, 0.717) is 19.8 Å². The Morgan fingerprint density at radius 2 is 2.00 bits per heavy atom. The van der Waals surface area contributed by atoms with Crippen LogP contribution in [0.15, 0.2) is 0 Å². The third-order valence-corrected chi connectivity index (χ3v) is 3.49. The molecule has 0 fully saturated rings. The molecule has 0 unspecified atom stereocenters. The molecule has 0 aliphatic rings. The van der Waals surface area contributed by atoms with Gasteiger partial charge in [-0.15, -0.1) is 0 Å². The highest BCUT2D eigenvalue weighted by molar-refractivity contribution is 14.1. The first-order valence-electron chi connectivity index (χ1n) is 5.46. The number of ether oxygens (including phenoxy) is 2. The van der Waals surface area contributed by atoms with E-state index >= 15 is 0 Å². The van der Waals surface area contributed by atoms with Crippen LogP contribution in [0.3, 0.4) is 0 Å². The van der Waals surface area contributed by atoms with Crippen molar-refractivity contribution in [2.75, 3.05) is 39.3 Å². The van der Waals surface area contributed by atoms with Crippen LogP contribution in [0, 0.1) is 10.5 Å². The summed E-state index contributed by atoms with van der Waals surface area (Å²) >= 11 is 2.24. The van der Waals surface area contributed by atoms with Crippen molar-refractivity contribution < 1.29 is 9.47 Å². The predicted octanol–water partition coefficient (Wildman–Crippen LogP) is 1.64. The first-order valence-corrected chi connectivity index (χ1v) is 6.54. The predicted molar refractivity (Wildman–Crippen MR) is 75.4 cm³/mol. The van der Waals surface area contributed by atoms with Crippen molar-refractivity contribution in [1.82, 2.24) is 9.97 Å². The van der Waals surface area contributed by atoms with Gasteiger partial charge in [0.15, 0.2) is 0 Å². The fourth-order valence-electron chi connectivity index (χ4n) is 1.30. The van der Waals surface area contributed by atoms with Gasteiger partial charge in [-0.3, -0.25) is 0 Å². The standard InChI is InChI=1S/C11H18IN3O2/c1-8-10(12)11(13-2)15-9(14-8)4-5-17-7-6-16-3/h4-7H2,1-3H3,(H,13,14,15). The molecule has 1 heterocycles. The SMILES string of the molecule is CNc1nc(CCOCCOC)nc(C)c1I. The molecule has 0 atom stereocenters. The quantitative estimate of drug-likeness (QED) is 0.598. The van der Waals surface area contributed by atoms with E-state index < -0.39 is 0 Å². The summed E-state index contributed by atoms with van der Waals surface area (Å²) in [7, 11) is 3.52. The van der Waals surface area contributed by atoms with Gasteiger partial charge >= 0.3 is 0 Å². The van der Waals surface area contributed by atoms with Crippen molar-refractivity contribution in [3.8, 4) is 0 Å². The number of hydrogen-bond donors (Lipinski definition) is 1. The smallest absolute Gasteiger partial charge is 0.143 e. The highest BCUT2D eigenvalue weighted by Crippen LogP contribution is 2.17. The van der Waals surface area contributed by atoms with Crippen LogP contribution in [0.5, 0.6) is 0 Å². The Kier molecular flexibility index (Phi) is 6.68. The van der Waals surface area contributed by atoms with E-state index in [-0.39, 0.29) is 0 Å². The molecular formula is C11H18IN3O2. The monoisotopic (exact) mass is 351 g/mol. The Hall–Kier alpha value is -0.470. The van der Waals surface area contributed by atoms with Crippen LogP contribution in [0.4, 0.5) is 5.82 Å². The number of halogens is 1. The van der Waals surface area contributed by atoms with E-state index in [4.69, 9.17) is 9.47 Å². The van der Waals surface area contributed by atoms with Crippen molar-refractivity contribution >= 4 is 28.4 Å². The van der Waals surface area contributed by atoms with Gasteiger partial charge in [0.25, 0.3) is 0 Å². The Bertz CT molecular complexity index is 361. The van der Waals surface area contributed by atoms with E-state index in [2.05, 4.69) is 37.9 Å². The maximum Gasteiger partial charge on any atom is 0.143 e. The molecule has 0 saturated carbocycles. The largest absolute Gasteiger partial charge is 0.382 e. The molecule has 96 valence electrons. The van der Waals surface area contributed by atoms with Crippen LogP contribution in [-0.2, 0) is 15.9 Å². The fourth-order valence-corrected chi connectivity index (χ4v) is 1.81. The van der Waals surface area contributed by atoms with E-state index in [0.717, 1.165) is 27.3 Å². The van der Waals surface area contributed by atoms with Crippen LogP contribution in [-0.4, -0.2) is 43.9 Å². The molecule has 0 bridgehead atoms. The molecular weight excluding hydrogens is 333 g/mol. The van der Waals surface area contributed by atoms with E-state index in [1.54, 1.807) is 7.11 Å². The lowest BCUT2D eigenvalue weighted by atomic mass is 10.3. The summed E-state index contributed by atoms with van der Waals surface area (Å²) in [6.45, 7) is 3.83. The number of nitrogens with one attached hydrogen (secondary N) is 1. The summed E-state index contributed by atoms with van der Waals surface area (Å²) in [5.41, 5.74) is 0.997. The van der Waals surface area contributed by atoms with Crippen molar-refractivity contribution in [2.45, 2.75) is 13.3 Å². The Morgan fingerprint density at radius 3 is 2.65 bits per heavy atom. The molecule has 1 rings (SSSR count). The van der Waals surface area contributed by atoms with Gasteiger partial charge in [-0.1, -0.05) is 0 Å². The average molecular weight is 351 g/mol. The topological polar surface area (TPSA) is 56.3 Å². The van der Waals surface area contributed by atoms with Gasteiger partial charge in [0.2, 0.25) is 0 Å². The molecule has 0 aliphatic carbocycles. The lowest BCUT2D eigenvalue weighted by molar-refractivity contribution is 0.0716. The Labute approximate surface area is 115 Å². The number of methoxy groups -OCH3 is 1. The third-order valence-electron chi connectivity index (χ3n) is 2.20. The molecule has 1 aromatic rings. The Morgan fingerprint density at radius 1 is 1.24 bits per heavy atom. The number of aryl methyl sites for hydroxylation is 1. The van der Waals surface area contributed by atoms with Crippen LogP contribution >= 0.6 is 22.6 Å². The second kappa shape index (κ2) is 7.78. The summed E-state index contributed by atoms with van der Waals surface area (Å²) in [4.78, 5) is 8.86. The van der Waals surface area contributed by atoms with Crippen molar-refractivity contribution in [3.05, 3.63) is 15.1 Å². The van der Waals surface area contributed by atoms with Crippen LogP contribution < -0.4 is 5.32 Å². The zero-order valence-electron chi connectivity index (χ0n) is 10.4. The van der Waals surface area contributed by atoms with Gasteiger partial charge in [0, 0.05) is 20.6 Å². The number of anilines is 1. The Balaban J connectivity index is 2.51. The van der Waals surface area contributed by atoms with Crippen LogP contribution in [0.2, 0.25) is 0 Å². The second-order valence-electron chi connectivity index (χ2n) is 3.49. The molecule has 1 aromatic heterocycles. The molecule has 0 aromatic carbocycles. The van der Waals surface area contributed by atoms with Gasteiger partial charge in [0.1, 0.15) is 11.6 Å². The minimum Gasteiger partial charge on any atom is -0.382 e. The summed E-state index contributed by atoms with van der Waals surface area (Å²) < 4.78 is 11.4. The minimum atomic E-state index is 0.610. The molecule has 5 nitrogen and oxygen atoms in total. The molecule has 0 spiro atoms. The molecule has 6 heteroatoms. The number of rotatable bonds is 7. The van der Waals surface area contributed by atoms with Crippen LogP contribution in [0.25, 0.3) is 0 Å². The van der Waals surface area contributed by atoms with Gasteiger partial charge in [-0.05, 0) is 29.5 Å². The molecule has 0 aliphatic heterocycles. The highest BCUT2D eigenvalue weighted by Gasteiger charge is 2.07. The van der Waals surface area contributed by atoms with Crippen molar-refractivity contribution in [2.24, 2.45) is 0 Å². The molecule has 0 saturated heterocycles. The van der Waals surface area contributed by atoms with E-state index in [1.807, 2.05) is 14.0 Å². The van der Waals surface area contributed by atoms with E-state index in [9.17, 15) is 0 Å². The second-order valence-corrected chi connectivity index (χ2v) is 4.57. The van der Waals surface area contributed by atoms with Crippen LogP contribution in [0.1, 0.15) is 11.5 Å². The zero-order valence-corrected chi connectivity index (χ0v) is 12.6. The first kappa shape index (κ1) is 14.6. The maximum absolute atomic E-state index is 5.39. The normalized spacial score (nSPS) is 10.6. The minimum absolute atomic E-state index is 0.610. The summed E-state index contributed by atoms with van der Waals surface area (Å²) in [5.74, 6) is 1.69. The zero-order chi connectivity index (χ0) is 12.7. The summed E-state index contributed by atoms with van der Waals surface area (Å²) in [5, 5.41) is 3.07. The lowest BCUT2D eigenvalue weighted by Gasteiger charge is -2.08. The first-order chi connectivity index (χ1) is 8.19. The number of nitrogens with zero attached hydrogens (tertiary/aromatic N) is 2. The third kappa shape index (κ3) is 4.72. The summed E-state index contributed by atoms with van der Waals surface area (Å²) in [6.07, 6.45) is 0.718. The van der Waals surface area contributed by atoms with Crippen molar-refractivity contribution in [1.29, 1.82) is 0 Å². The van der Waals surface area contributed by atoms with Gasteiger partial charge < -0.3 is 14.8 Å². The molecule has 0 amide bonds. The maximum atomic E-state index is 5.39. The summed E-state index contributed by atoms with van der Waals surface area (Å²) in [6, 6.07) is 0. The fraction of sp³-hybridized carbons (Fsp3) is 0.636. The average Bonchev–Trinajstić information content (AvgIpc) is 2.33. The van der Waals surface area contributed by atoms with Crippen molar-refractivity contribution in [3.63, 3.8) is 0 Å². The highest BCUT2D eigenvalue weighted by atomic mass is 127. The number of aromatic nitrogens is 2. The van der Waals surface area contributed by atoms with Gasteiger partial charge in [0.05, 0.1) is 29.1 Å². The van der Waals surface area contributed by atoms with E-state index in [1.165, 1.54) is 0 Å². The molecule has 17 heavy (non-hydrogen) atoms. The molecule has 0 radical (unpaired) electrons. The number of hydrogen-bond acceptors (Lipinski definition) is 5. The lowest BCUT2D eigenvalue weighted by Crippen LogP contribution is -2.10. The van der Waals surface area contributed by atoms with Gasteiger partial charge in [-0.25, -0.2) is 9.97 Å².